The van der Waals surface area contributed by atoms with E-state index >= 15 is 0 Å². The molecule has 0 fully saturated rings. The first kappa shape index (κ1) is 40.6. The minimum absolute atomic E-state index is 0.0392. The molecule has 258 valence electrons. The van der Waals surface area contributed by atoms with Gasteiger partial charge in [0.1, 0.15) is 18.1 Å². The number of nitrogens with zero attached hydrogens (tertiary/aromatic N) is 3. The quantitative estimate of drug-likeness (QED) is 0.0297. The summed E-state index contributed by atoms with van der Waals surface area (Å²) in [6, 6.07) is -5.37. The first-order chi connectivity index (χ1) is 21.1. The van der Waals surface area contributed by atoms with Crippen LogP contribution >= 0.6 is 0 Å². The van der Waals surface area contributed by atoms with Crippen molar-refractivity contribution in [1.29, 1.82) is 0 Å². The van der Waals surface area contributed by atoms with E-state index in [1.165, 1.54) is 13.8 Å². The number of carbonyl (C=O) groups is 4. The zero-order chi connectivity index (χ0) is 34.5. The smallest absolute Gasteiger partial charge is 0.245 e. The lowest BCUT2D eigenvalue weighted by Gasteiger charge is -2.27. The zero-order valence-electron chi connectivity index (χ0n) is 25.9. The van der Waals surface area contributed by atoms with Crippen molar-refractivity contribution >= 4 is 41.5 Å². The van der Waals surface area contributed by atoms with Crippen LogP contribution in [-0.4, -0.2) is 114 Å². The summed E-state index contributed by atoms with van der Waals surface area (Å²) < 4.78 is 0. The van der Waals surface area contributed by atoms with Gasteiger partial charge < -0.3 is 71.6 Å². The molecular weight excluding hydrogens is 592 g/mol. The second kappa shape index (κ2) is 22.1. The van der Waals surface area contributed by atoms with Gasteiger partial charge in [0.25, 0.3) is 0 Å². The Morgan fingerprint density at radius 2 is 1.13 bits per heavy atom. The topological polar surface area (TPSA) is 376 Å². The van der Waals surface area contributed by atoms with Gasteiger partial charge in [0.2, 0.25) is 23.6 Å². The molecule has 0 heterocycles. The third-order valence-corrected chi connectivity index (χ3v) is 6.27. The van der Waals surface area contributed by atoms with Gasteiger partial charge in [-0.05, 0) is 52.4 Å². The molecule has 0 aromatic carbocycles. The molecule has 0 bridgehead atoms. The van der Waals surface area contributed by atoms with Crippen molar-refractivity contribution in [2.45, 2.75) is 88.7 Å². The van der Waals surface area contributed by atoms with Gasteiger partial charge in [0.05, 0.1) is 24.8 Å². The molecule has 0 aliphatic rings. The fraction of sp³-hybridized carbons (Fsp3) is 0.720. The molecule has 20 N–H and O–H groups in total. The third kappa shape index (κ3) is 18.8. The van der Waals surface area contributed by atoms with Gasteiger partial charge in [-0.2, -0.15) is 0 Å². The molecule has 20 nitrogen and oxygen atoms in total. The number of aliphatic imine (C=N–C) groups is 3. The molecule has 0 aliphatic heterocycles. The van der Waals surface area contributed by atoms with E-state index in [1.54, 1.807) is 0 Å². The molecule has 0 aliphatic carbocycles. The maximum absolute atomic E-state index is 13.3. The average Bonchev–Trinajstić information content (AvgIpc) is 2.95. The van der Waals surface area contributed by atoms with Gasteiger partial charge in [-0.15, -0.1) is 0 Å². The van der Waals surface area contributed by atoms with Gasteiger partial charge in [0.15, 0.2) is 17.9 Å². The third-order valence-electron chi connectivity index (χ3n) is 6.27. The van der Waals surface area contributed by atoms with E-state index in [4.69, 9.17) is 40.1 Å². The van der Waals surface area contributed by atoms with Crippen molar-refractivity contribution in [2.24, 2.45) is 55.1 Å². The van der Waals surface area contributed by atoms with Crippen molar-refractivity contribution in [2.75, 3.05) is 26.2 Å². The van der Waals surface area contributed by atoms with E-state index in [9.17, 15) is 29.4 Å². The van der Waals surface area contributed by atoms with Crippen LogP contribution in [0.1, 0.15) is 52.4 Å². The Hall–Kier alpha value is -4.43. The SMILES string of the molecule is C[C@H](NC(=O)[C@@H](N)CCCN=C(N)N)C(=O)N[C@@H](CCCN=C(N)N)C(=O)N[C@H](C(=O)N[C@H](CO)CCCN=C(N)N)[C@@H](C)O. The van der Waals surface area contributed by atoms with Gasteiger partial charge in [-0.25, -0.2) is 0 Å². The summed E-state index contributed by atoms with van der Waals surface area (Å²) in [5, 5.41) is 30.0. The number of amides is 4. The van der Waals surface area contributed by atoms with Crippen LogP contribution in [0.15, 0.2) is 15.0 Å². The number of carbonyl (C=O) groups excluding carboxylic acids is 4. The molecule has 0 aromatic rings. The molecule has 20 heteroatoms. The molecule has 0 aromatic heterocycles. The van der Waals surface area contributed by atoms with Crippen molar-refractivity contribution in [3.05, 3.63) is 0 Å². The number of aliphatic hydroxyl groups is 2. The number of nitrogens with one attached hydrogen (secondary N) is 4. The molecule has 0 spiro atoms. The van der Waals surface area contributed by atoms with E-state index in [2.05, 4.69) is 36.2 Å². The lowest BCUT2D eigenvalue weighted by atomic mass is 10.1. The van der Waals surface area contributed by atoms with Crippen LogP contribution in [0.2, 0.25) is 0 Å². The Kier molecular flexibility index (Phi) is 20.0. The largest absolute Gasteiger partial charge is 0.394 e. The molecule has 4 amide bonds. The molecule has 45 heavy (non-hydrogen) atoms. The standard InChI is InChI=1S/C25H52N14O6/c1-13(36-20(43)16(26)7-4-10-34-24(29)30)19(42)38-17(8-5-11-35-25(31)32)21(44)39-18(14(2)41)22(45)37-15(12-40)6-3-9-33-23(27)28/h13-18,40-41H,3-12,26H2,1-2H3,(H,36,43)(H,37,45)(H,38,42)(H,39,44)(H4,27,28,33)(H4,29,30,34)(H4,31,32,35)/t13-,14+,15-,16-,17-,18-/m0/s1. The predicted molar refractivity (Wildman–Crippen MR) is 170 cm³/mol. The monoisotopic (exact) mass is 644 g/mol. The summed E-state index contributed by atoms with van der Waals surface area (Å²) in [5.41, 5.74) is 37.7. The van der Waals surface area contributed by atoms with E-state index in [-0.39, 0.29) is 56.8 Å². The van der Waals surface area contributed by atoms with Crippen molar-refractivity contribution < 1.29 is 29.4 Å². The number of guanidine groups is 3. The van der Waals surface area contributed by atoms with Crippen molar-refractivity contribution in [3.63, 3.8) is 0 Å². The predicted octanol–water partition coefficient (Wildman–Crippen LogP) is -6.19. The van der Waals surface area contributed by atoms with Crippen LogP contribution < -0.4 is 61.4 Å². The molecule has 0 saturated carbocycles. The van der Waals surface area contributed by atoms with Gasteiger partial charge in [0, 0.05) is 19.6 Å². The number of nitrogens with two attached hydrogens (primary N) is 7. The second-order valence-electron chi connectivity index (χ2n) is 10.4. The summed E-state index contributed by atoms with van der Waals surface area (Å²) in [4.78, 5) is 63.2. The maximum atomic E-state index is 13.3. The Morgan fingerprint density at radius 3 is 1.60 bits per heavy atom. The molecule has 0 rings (SSSR count). The number of hydrogen-bond donors (Lipinski definition) is 13. The van der Waals surface area contributed by atoms with Crippen molar-refractivity contribution in [3.8, 4) is 0 Å². The Balaban J connectivity index is 5.47. The Morgan fingerprint density at radius 1 is 0.644 bits per heavy atom. The Labute approximate surface area is 262 Å². The normalized spacial score (nSPS) is 14.7. The number of aliphatic hydroxyl groups excluding tert-OH is 2. The van der Waals surface area contributed by atoms with Crippen LogP contribution in [0.5, 0.6) is 0 Å². The minimum atomic E-state index is -1.43. The average molecular weight is 645 g/mol. The summed E-state index contributed by atoms with van der Waals surface area (Å²) in [5.74, 6) is -3.20. The molecule has 0 radical (unpaired) electrons. The van der Waals surface area contributed by atoms with Crippen LogP contribution in [-0.2, 0) is 19.2 Å². The summed E-state index contributed by atoms with van der Waals surface area (Å²) in [6.45, 7) is 2.98. The van der Waals surface area contributed by atoms with Crippen molar-refractivity contribution in [1.82, 2.24) is 21.3 Å². The summed E-state index contributed by atoms with van der Waals surface area (Å²) >= 11 is 0. The van der Waals surface area contributed by atoms with E-state index in [1.807, 2.05) is 0 Å². The summed E-state index contributed by atoms with van der Waals surface area (Å²) in [7, 11) is 0. The van der Waals surface area contributed by atoms with Crippen LogP contribution in [0.4, 0.5) is 0 Å². The van der Waals surface area contributed by atoms with E-state index < -0.39 is 66.5 Å². The van der Waals surface area contributed by atoms with E-state index in [0.717, 1.165) is 0 Å². The minimum Gasteiger partial charge on any atom is -0.394 e. The lowest BCUT2D eigenvalue weighted by molar-refractivity contribution is -0.135. The van der Waals surface area contributed by atoms with Crippen LogP contribution in [0.3, 0.4) is 0 Å². The first-order valence-electron chi connectivity index (χ1n) is 14.5. The number of hydrogen-bond acceptors (Lipinski definition) is 10. The first-order valence-corrected chi connectivity index (χ1v) is 14.5. The van der Waals surface area contributed by atoms with Crippen LogP contribution in [0.25, 0.3) is 0 Å². The van der Waals surface area contributed by atoms with E-state index in [0.29, 0.717) is 19.3 Å². The van der Waals surface area contributed by atoms with Crippen LogP contribution in [0, 0.1) is 0 Å². The molecule has 6 atom stereocenters. The zero-order valence-corrected chi connectivity index (χ0v) is 25.9. The summed E-state index contributed by atoms with van der Waals surface area (Å²) in [6.07, 6.45) is 0.384. The fourth-order valence-corrected chi connectivity index (χ4v) is 3.81. The highest BCUT2D eigenvalue weighted by Gasteiger charge is 2.31. The fourth-order valence-electron chi connectivity index (χ4n) is 3.81. The maximum Gasteiger partial charge on any atom is 0.245 e. The highest BCUT2D eigenvalue weighted by molar-refractivity contribution is 5.94. The highest BCUT2D eigenvalue weighted by Crippen LogP contribution is 2.05. The molecule has 0 saturated heterocycles. The Bertz CT molecular complexity index is 1030. The molecular formula is C25H52N14O6. The number of rotatable bonds is 22. The molecule has 0 unspecified atom stereocenters. The van der Waals surface area contributed by atoms with Gasteiger partial charge in [-0.1, -0.05) is 0 Å². The lowest BCUT2D eigenvalue weighted by Crippen LogP contribution is -2.60. The van der Waals surface area contributed by atoms with Gasteiger partial charge >= 0.3 is 0 Å². The second-order valence-corrected chi connectivity index (χ2v) is 10.4. The highest BCUT2D eigenvalue weighted by atomic mass is 16.3. The van der Waals surface area contributed by atoms with Gasteiger partial charge in [-0.3, -0.25) is 34.2 Å².